The van der Waals surface area contributed by atoms with Crippen molar-refractivity contribution in [3.63, 3.8) is 0 Å². The van der Waals surface area contributed by atoms with E-state index < -0.39 is 29.6 Å². The molecule has 1 aliphatic heterocycles. The Morgan fingerprint density at radius 2 is 1.57 bits per heavy atom. The summed E-state index contributed by atoms with van der Waals surface area (Å²) in [5.74, 6) is 0.722. The lowest BCUT2D eigenvalue weighted by molar-refractivity contribution is 0.00578. The molecule has 5 aromatic rings. The Kier molecular flexibility index (Phi) is 6.16. The molecule has 0 aliphatic carbocycles. The van der Waals surface area contributed by atoms with E-state index in [4.69, 9.17) is 14.0 Å². The molecule has 0 amide bonds. The van der Waals surface area contributed by atoms with Crippen LogP contribution in [-0.4, -0.2) is 39.5 Å². The number of hydrogen-bond donors (Lipinski definition) is 0. The van der Waals surface area contributed by atoms with E-state index in [9.17, 15) is 9.59 Å². The number of pyridine rings is 1. The Hall–Kier alpha value is -4.21. The summed E-state index contributed by atoms with van der Waals surface area (Å²) in [6, 6.07) is 20.5. The fraction of sp³-hybridized carbons (Fsp3) is 0.258. The maximum atomic E-state index is 14.1. The van der Waals surface area contributed by atoms with Crippen LogP contribution >= 0.6 is 0 Å². The molecule has 0 bridgehead atoms. The highest BCUT2D eigenvalue weighted by Gasteiger charge is 2.51. The van der Waals surface area contributed by atoms with Gasteiger partial charge in [0.25, 0.3) is 5.56 Å². The second-order valence-corrected chi connectivity index (χ2v) is 11.1. The lowest BCUT2D eigenvalue weighted by atomic mass is 9.78. The third kappa shape index (κ3) is 4.22. The number of aromatic nitrogens is 3. The normalized spacial score (nSPS) is 16.1. The Morgan fingerprint density at radius 3 is 2.27 bits per heavy atom. The third-order valence-corrected chi connectivity index (χ3v) is 8.08. The number of fused-ring (bicyclic) bond motifs is 2. The van der Waals surface area contributed by atoms with Crippen molar-refractivity contribution in [2.75, 3.05) is 7.11 Å². The standard InChI is InChI=1S/C31H30BN3O5/c1-30(2)31(3,4)40-32(39-30)22-12-15-26-25(16-22)28(36)35(27-18-33-17-21-8-6-7-9-24(21)27)29(37)34(26)19-20-10-13-23(38-5)14-11-20/h6-18H,19H2,1-5H3. The molecule has 0 unspecified atom stereocenters. The monoisotopic (exact) mass is 535 g/mol. The molecule has 1 saturated heterocycles. The van der Waals surface area contributed by atoms with Gasteiger partial charge in [0, 0.05) is 17.0 Å². The van der Waals surface area contributed by atoms with E-state index in [0.717, 1.165) is 22.1 Å². The van der Waals surface area contributed by atoms with Gasteiger partial charge in [0.2, 0.25) is 0 Å². The molecule has 202 valence electrons. The average molecular weight is 535 g/mol. The summed E-state index contributed by atoms with van der Waals surface area (Å²) in [5.41, 5.74) is 0.608. The van der Waals surface area contributed by atoms with E-state index >= 15 is 0 Å². The predicted molar refractivity (Wildman–Crippen MR) is 157 cm³/mol. The maximum absolute atomic E-state index is 14.1. The molecule has 8 nitrogen and oxygen atoms in total. The number of hydrogen-bond acceptors (Lipinski definition) is 6. The highest BCUT2D eigenvalue weighted by Crippen LogP contribution is 2.36. The van der Waals surface area contributed by atoms with Crippen LogP contribution in [0.5, 0.6) is 5.75 Å². The smallest absolute Gasteiger partial charge is 0.494 e. The summed E-state index contributed by atoms with van der Waals surface area (Å²) in [4.78, 5) is 32.6. The lowest BCUT2D eigenvalue weighted by Gasteiger charge is -2.32. The average Bonchev–Trinajstić information content (AvgIpc) is 3.17. The zero-order valence-corrected chi connectivity index (χ0v) is 23.2. The van der Waals surface area contributed by atoms with Gasteiger partial charge >= 0.3 is 12.8 Å². The molecule has 0 spiro atoms. The van der Waals surface area contributed by atoms with Crippen molar-refractivity contribution >= 4 is 34.3 Å². The summed E-state index contributed by atoms with van der Waals surface area (Å²) in [6.45, 7) is 8.21. The zero-order valence-electron chi connectivity index (χ0n) is 23.2. The van der Waals surface area contributed by atoms with E-state index in [-0.39, 0.29) is 6.54 Å². The van der Waals surface area contributed by atoms with Gasteiger partial charge in [-0.05, 0) is 63.0 Å². The first-order chi connectivity index (χ1) is 19.1. The molecular formula is C31H30BN3O5. The SMILES string of the molecule is COc1ccc(Cn2c(=O)n(-c3cncc4ccccc34)c(=O)c3cc(B4OC(C)(C)C(C)(C)O4)ccc32)cc1. The van der Waals surface area contributed by atoms with Gasteiger partial charge in [0.15, 0.2) is 0 Å². The fourth-order valence-electron chi connectivity index (χ4n) is 5.07. The van der Waals surface area contributed by atoms with Gasteiger partial charge in [-0.3, -0.25) is 14.3 Å². The van der Waals surface area contributed by atoms with Crippen LogP contribution in [-0.2, 0) is 15.9 Å². The van der Waals surface area contributed by atoms with Crippen molar-refractivity contribution in [2.45, 2.75) is 45.4 Å². The summed E-state index contributed by atoms with van der Waals surface area (Å²) in [7, 11) is 0.960. The second kappa shape index (κ2) is 9.47. The van der Waals surface area contributed by atoms with Crippen LogP contribution in [0.1, 0.15) is 33.3 Å². The summed E-state index contributed by atoms with van der Waals surface area (Å²) >= 11 is 0. The lowest BCUT2D eigenvalue weighted by Crippen LogP contribution is -2.41. The molecule has 3 heterocycles. The van der Waals surface area contributed by atoms with Crippen molar-refractivity contribution in [1.82, 2.24) is 14.1 Å². The molecule has 1 fully saturated rings. The van der Waals surface area contributed by atoms with Gasteiger partial charge in [0.05, 0.1) is 47.6 Å². The van der Waals surface area contributed by atoms with E-state index in [1.54, 1.807) is 36.2 Å². The Bertz CT molecular complexity index is 1850. The van der Waals surface area contributed by atoms with Crippen molar-refractivity contribution in [1.29, 1.82) is 0 Å². The first-order valence-corrected chi connectivity index (χ1v) is 13.2. The minimum Gasteiger partial charge on any atom is -0.497 e. The van der Waals surface area contributed by atoms with Gasteiger partial charge in [-0.15, -0.1) is 0 Å². The van der Waals surface area contributed by atoms with Gasteiger partial charge in [0.1, 0.15) is 5.75 Å². The summed E-state index contributed by atoms with van der Waals surface area (Å²) in [5, 5.41) is 1.97. The van der Waals surface area contributed by atoms with Gasteiger partial charge < -0.3 is 14.0 Å². The van der Waals surface area contributed by atoms with Crippen molar-refractivity contribution in [3.8, 4) is 11.4 Å². The maximum Gasteiger partial charge on any atom is 0.494 e. The molecule has 6 rings (SSSR count). The van der Waals surface area contributed by atoms with Crippen LogP contribution < -0.4 is 21.4 Å². The van der Waals surface area contributed by atoms with E-state index in [1.165, 1.54) is 4.57 Å². The van der Waals surface area contributed by atoms with Crippen LogP contribution in [0.15, 0.2) is 88.7 Å². The van der Waals surface area contributed by atoms with Crippen LogP contribution in [0.2, 0.25) is 0 Å². The molecule has 3 aromatic carbocycles. The van der Waals surface area contributed by atoms with Crippen LogP contribution in [0.4, 0.5) is 0 Å². The molecular weight excluding hydrogens is 505 g/mol. The van der Waals surface area contributed by atoms with Gasteiger partial charge in [-0.25, -0.2) is 9.36 Å². The predicted octanol–water partition coefficient (Wildman–Crippen LogP) is 4.06. The Morgan fingerprint density at radius 1 is 0.875 bits per heavy atom. The number of methoxy groups -OCH3 is 1. The van der Waals surface area contributed by atoms with E-state index in [1.807, 2.05) is 82.3 Å². The van der Waals surface area contributed by atoms with Crippen molar-refractivity contribution in [2.24, 2.45) is 0 Å². The van der Waals surface area contributed by atoms with Crippen LogP contribution in [0.25, 0.3) is 27.4 Å². The molecule has 0 atom stereocenters. The molecule has 0 radical (unpaired) electrons. The Balaban J connectivity index is 1.59. The minimum absolute atomic E-state index is 0.258. The van der Waals surface area contributed by atoms with Gasteiger partial charge in [-0.2, -0.15) is 0 Å². The summed E-state index contributed by atoms with van der Waals surface area (Å²) in [6.07, 6.45) is 3.28. The van der Waals surface area contributed by atoms with Crippen LogP contribution in [0.3, 0.4) is 0 Å². The largest absolute Gasteiger partial charge is 0.497 e. The number of benzene rings is 3. The van der Waals surface area contributed by atoms with Gasteiger partial charge in [-0.1, -0.05) is 42.5 Å². The first kappa shape index (κ1) is 26.0. The highest BCUT2D eigenvalue weighted by molar-refractivity contribution is 6.62. The second-order valence-electron chi connectivity index (χ2n) is 11.1. The number of rotatable bonds is 5. The van der Waals surface area contributed by atoms with Crippen molar-refractivity contribution < 1.29 is 14.0 Å². The third-order valence-electron chi connectivity index (χ3n) is 8.08. The fourth-order valence-corrected chi connectivity index (χ4v) is 5.07. The molecule has 9 heteroatoms. The van der Waals surface area contributed by atoms with E-state index in [0.29, 0.717) is 22.1 Å². The first-order valence-electron chi connectivity index (χ1n) is 13.2. The zero-order chi connectivity index (χ0) is 28.2. The summed E-state index contributed by atoms with van der Waals surface area (Å²) < 4.78 is 20.7. The minimum atomic E-state index is -0.650. The highest BCUT2D eigenvalue weighted by atomic mass is 16.7. The quantitative estimate of drug-likeness (QED) is 0.316. The number of ether oxygens (including phenoxy) is 1. The topological polar surface area (TPSA) is 84.6 Å². The molecule has 2 aromatic heterocycles. The van der Waals surface area contributed by atoms with Crippen molar-refractivity contribution in [3.05, 3.63) is 106 Å². The van der Waals surface area contributed by atoms with Crippen LogP contribution in [0, 0.1) is 0 Å². The van der Waals surface area contributed by atoms with E-state index in [2.05, 4.69) is 4.98 Å². The Labute approximate surface area is 231 Å². The molecule has 40 heavy (non-hydrogen) atoms. The molecule has 0 saturated carbocycles. The number of nitrogens with zero attached hydrogens (tertiary/aromatic N) is 3. The molecule has 0 N–H and O–H groups in total. The molecule has 1 aliphatic rings.